The summed E-state index contributed by atoms with van der Waals surface area (Å²) in [6.07, 6.45) is 16.3. The predicted molar refractivity (Wildman–Crippen MR) is 165 cm³/mol. The van der Waals surface area contributed by atoms with Gasteiger partial charge in [-0.3, -0.25) is 0 Å². The van der Waals surface area contributed by atoms with Crippen molar-refractivity contribution >= 4 is 23.6 Å². The van der Waals surface area contributed by atoms with Crippen LogP contribution in [-0.4, -0.2) is 30.8 Å². The zero-order valence-electron chi connectivity index (χ0n) is 23.7. The summed E-state index contributed by atoms with van der Waals surface area (Å²) in [6.45, 7) is 5.99. The van der Waals surface area contributed by atoms with E-state index in [0.29, 0.717) is 0 Å². The van der Waals surface area contributed by atoms with Gasteiger partial charge in [0.2, 0.25) is 0 Å². The van der Waals surface area contributed by atoms with Crippen LogP contribution in [0.5, 0.6) is 11.5 Å². The van der Waals surface area contributed by atoms with Crippen molar-refractivity contribution in [1.29, 1.82) is 0 Å². The van der Waals surface area contributed by atoms with Gasteiger partial charge in [0.05, 0.1) is 19.5 Å². The number of nitrogens with zero attached hydrogens (tertiary/aromatic N) is 2. The molecule has 0 unspecified atom stereocenters. The third-order valence-corrected chi connectivity index (χ3v) is 12.2. The quantitative estimate of drug-likeness (QED) is 0.0870. The monoisotopic (exact) mass is 540 g/mol. The second-order valence-electron chi connectivity index (χ2n) is 10.4. The van der Waals surface area contributed by atoms with E-state index < -0.39 is 8.07 Å². The summed E-state index contributed by atoms with van der Waals surface area (Å²) in [6, 6.07) is 28.7. The number of unbranched alkanes of at least 4 members (excludes halogenated alkanes) is 6. The summed E-state index contributed by atoms with van der Waals surface area (Å²) in [5.41, 5.74) is 0. The standard InChI is InChI=1S/C34H44N2O2Si/c1-3-5-7-12-24-37-30-16-14-20-33(26-30)39(29-36-23-22-35-28-36,32-18-10-9-11-19-32)34-21-15-17-31(27-34)38-25-13-8-6-4-2/h9-11,14-23,26-28H,3-8,12-13,24-25,29H2,1-2H3. The molecule has 4 rings (SSSR count). The first-order chi connectivity index (χ1) is 19.3. The van der Waals surface area contributed by atoms with Crippen LogP contribution in [0.15, 0.2) is 97.6 Å². The van der Waals surface area contributed by atoms with Gasteiger partial charge in [-0.05, 0) is 52.7 Å². The number of rotatable bonds is 17. The molecule has 5 heteroatoms. The van der Waals surface area contributed by atoms with Crippen LogP contribution in [0.2, 0.25) is 0 Å². The molecule has 206 valence electrons. The number of benzene rings is 3. The molecule has 0 saturated carbocycles. The van der Waals surface area contributed by atoms with E-state index in [1.807, 2.05) is 12.5 Å². The van der Waals surface area contributed by atoms with Gasteiger partial charge in [0.15, 0.2) is 8.07 Å². The number of imidazole rings is 1. The molecule has 0 aliphatic rings. The van der Waals surface area contributed by atoms with E-state index in [9.17, 15) is 0 Å². The van der Waals surface area contributed by atoms with E-state index in [1.165, 1.54) is 54.1 Å². The zero-order valence-corrected chi connectivity index (χ0v) is 24.7. The van der Waals surface area contributed by atoms with Crippen LogP contribution >= 0.6 is 0 Å². The SMILES string of the molecule is CCCCCCOc1cccc([Si](Cn2ccnc2)(c2ccccc2)c2cccc(OCCCCCC)c2)c1. The van der Waals surface area contributed by atoms with Gasteiger partial charge in [0.1, 0.15) is 11.5 Å². The first-order valence-electron chi connectivity index (χ1n) is 14.7. The average Bonchev–Trinajstić information content (AvgIpc) is 3.50. The number of aromatic nitrogens is 2. The highest BCUT2D eigenvalue weighted by Crippen LogP contribution is 2.19. The highest BCUT2D eigenvalue weighted by atomic mass is 28.3. The van der Waals surface area contributed by atoms with Crippen molar-refractivity contribution in [2.24, 2.45) is 0 Å². The summed E-state index contributed by atoms with van der Waals surface area (Å²) in [5.74, 6) is 1.90. The Hall–Kier alpha value is -3.31. The van der Waals surface area contributed by atoms with E-state index in [0.717, 1.165) is 43.7 Å². The summed E-state index contributed by atoms with van der Waals surface area (Å²) in [4.78, 5) is 4.39. The number of hydrogen-bond donors (Lipinski definition) is 0. The second-order valence-corrected chi connectivity index (χ2v) is 14.2. The Morgan fingerprint density at radius 3 is 1.72 bits per heavy atom. The molecule has 0 aliphatic heterocycles. The van der Waals surface area contributed by atoms with Crippen molar-refractivity contribution in [3.8, 4) is 11.5 Å². The molecule has 4 nitrogen and oxygen atoms in total. The molecule has 0 saturated heterocycles. The summed E-state index contributed by atoms with van der Waals surface area (Å²) in [5, 5.41) is 4.01. The van der Waals surface area contributed by atoms with Crippen LogP contribution in [0, 0.1) is 0 Å². The molecular formula is C34H44N2O2Si. The number of hydrogen-bond acceptors (Lipinski definition) is 3. The highest BCUT2D eigenvalue weighted by Gasteiger charge is 2.40. The minimum atomic E-state index is -2.55. The Kier molecular flexibility index (Phi) is 11.3. The summed E-state index contributed by atoms with van der Waals surface area (Å²) in [7, 11) is -2.55. The first kappa shape index (κ1) is 28.7. The third-order valence-electron chi connectivity index (χ3n) is 7.43. The molecule has 39 heavy (non-hydrogen) atoms. The maximum Gasteiger partial charge on any atom is 0.168 e. The fourth-order valence-corrected chi connectivity index (χ4v) is 9.87. The summed E-state index contributed by atoms with van der Waals surface area (Å²) < 4.78 is 14.8. The van der Waals surface area contributed by atoms with Crippen LogP contribution in [0.25, 0.3) is 0 Å². The van der Waals surface area contributed by atoms with Gasteiger partial charge >= 0.3 is 0 Å². The van der Waals surface area contributed by atoms with E-state index >= 15 is 0 Å². The maximum atomic E-state index is 6.28. The molecular weight excluding hydrogens is 496 g/mol. The molecule has 0 radical (unpaired) electrons. The minimum Gasteiger partial charge on any atom is -0.494 e. The van der Waals surface area contributed by atoms with Crippen LogP contribution < -0.4 is 25.0 Å². The van der Waals surface area contributed by atoms with Gasteiger partial charge < -0.3 is 14.0 Å². The first-order valence-corrected chi connectivity index (χ1v) is 16.9. The molecule has 3 aromatic carbocycles. The van der Waals surface area contributed by atoms with Crippen molar-refractivity contribution in [2.75, 3.05) is 13.2 Å². The minimum absolute atomic E-state index is 0.756. The van der Waals surface area contributed by atoms with Gasteiger partial charge in [0, 0.05) is 18.6 Å². The Balaban J connectivity index is 1.74. The zero-order chi connectivity index (χ0) is 27.2. The van der Waals surface area contributed by atoms with Crippen molar-refractivity contribution in [3.63, 3.8) is 0 Å². The fourth-order valence-electron chi connectivity index (χ4n) is 5.29. The Labute approximate surface area is 236 Å². The van der Waals surface area contributed by atoms with Crippen LogP contribution in [-0.2, 0) is 6.17 Å². The molecule has 1 aromatic heterocycles. The Bertz CT molecular complexity index is 1170. The Morgan fingerprint density at radius 1 is 0.641 bits per heavy atom. The van der Waals surface area contributed by atoms with Gasteiger partial charge in [0.25, 0.3) is 0 Å². The fraction of sp³-hybridized carbons (Fsp3) is 0.382. The van der Waals surface area contributed by atoms with Crippen LogP contribution in [0.3, 0.4) is 0 Å². The van der Waals surface area contributed by atoms with E-state index in [-0.39, 0.29) is 0 Å². The van der Waals surface area contributed by atoms with Crippen molar-refractivity contribution in [3.05, 3.63) is 97.6 Å². The van der Waals surface area contributed by atoms with E-state index in [2.05, 4.69) is 108 Å². The second kappa shape index (κ2) is 15.3. The molecule has 0 N–H and O–H groups in total. The van der Waals surface area contributed by atoms with Crippen molar-refractivity contribution in [2.45, 2.75) is 71.4 Å². The largest absolute Gasteiger partial charge is 0.494 e. The lowest BCUT2D eigenvalue weighted by atomic mass is 10.2. The highest BCUT2D eigenvalue weighted by molar-refractivity contribution is 7.10. The lowest BCUT2D eigenvalue weighted by Crippen LogP contribution is -2.69. The van der Waals surface area contributed by atoms with Crippen molar-refractivity contribution < 1.29 is 9.47 Å². The van der Waals surface area contributed by atoms with Gasteiger partial charge in [-0.2, -0.15) is 0 Å². The van der Waals surface area contributed by atoms with Gasteiger partial charge in [-0.25, -0.2) is 4.98 Å². The number of ether oxygens (including phenoxy) is 2. The van der Waals surface area contributed by atoms with E-state index in [1.54, 1.807) is 0 Å². The molecule has 0 spiro atoms. The van der Waals surface area contributed by atoms with E-state index in [4.69, 9.17) is 9.47 Å². The molecule has 0 atom stereocenters. The topological polar surface area (TPSA) is 36.3 Å². The summed E-state index contributed by atoms with van der Waals surface area (Å²) >= 11 is 0. The molecule has 0 amide bonds. The molecule has 1 heterocycles. The molecule has 4 aromatic rings. The smallest absolute Gasteiger partial charge is 0.168 e. The van der Waals surface area contributed by atoms with Gasteiger partial charge in [-0.1, -0.05) is 107 Å². The van der Waals surface area contributed by atoms with Crippen molar-refractivity contribution in [1.82, 2.24) is 9.55 Å². The molecule has 0 aliphatic carbocycles. The predicted octanol–water partition coefficient (Wildman–Crippen LogP) is 6.51. The molecule has 0 bridgehead atoms. The molecule has 0 fully saturated rings. The van der Waals surface area contributed by atoms with Gasteiger partial charge in [-0.15, -0.1) is 0 Å². The Morgan fingerprint density at radius 2 is 1.21 bits per heavy atom. The van der Waals surface area contributed by atoms with Crippen LogP contribution in [0.1, 0.15) is 65.2 Å². The maximum absolute atomic E-state index is 6.28. The third kappa shape index (κ3) is 7.86. The van der Waals surface area contributed by atoms with Crippen LogP contribution in [0.4, 0.5) is 0 Å². The average molecular weight is 541 g/mol. The normalized spacial score (nSPS) is 11.4. The lowest BCUT2D eigenvalue weighted by Gasteiger charge is -2.34. The lowest BCUT2D eigenvalue weighted by molar-refractivity contribution is 0.305.